The van der Waals surface area contributed by atoms with Gasteiger partial charge >= 0.3 is 0 Å². The first-order valence-corrected chi connectivity index (χ1v) is 4.16. The summed E-state index contributed by atoms with van der Waals surface area (Å²) in [5, 5.41) is 0. The van der Waals surface area contributed by atoms with Crippen LogP contribution in [0.25, 0.3) is 0 Å². The molecule has 0 rings (SSSR count). The molecule has 62 valence electrons. The van der Waals surface area contributed by atoms with E-state index in [2.05, 4.69) is 32.6 Å². The predicted molar refractivity (Wildman–Crippen MR) is 52.6 cm³/mol. The van der Waals surface area contributed by atoms with Crippen molar-refractivity contribution in [1.29, 1.82) is 0 Å². The predicted octanol–water partition coefficient (Wildman–Crippen LogP) is 3.87. The van der Waals surface area contributed by atoms with Crippen LogP contribution in [-0.2, 0) is 0 Å². The molecule has 0 aliphatic heterocycles. The Morgan fingerprint density at radius 2 is 2.00 bits per heavy atom. The fourth-order valence-corrected chi connectivity index (χ4v) is 0.854. The Kier molecular flexibility index (Phi) is 5.54. The fourth-order valence-electron chi connectivity index (χ4n) is 0.854. The quantitative estimate of drug-likeness (QED) is 0.534. The van der Waals surface area contributed by atoms with Crippen molar-refractivity contribution in [2.45, 2.75) is 33.6 Å². The fraction of sp³-hybridized carbons (Fsp3) is 0.455. The summed E-state index contributed by atoms with van der Waals surface area (Å²) in [5.74, 6) is 0. The number of hydrogen-bond donors (Lipinski definition) is 0. The van der Waals surface area contributed by atoms with Crippen molar-refractivity contribution in [2.75, 3.05) is 0 Å². The van der Waals surface area contributed by atoms with E-state index in [1.54, 1.807) is 0 Å². The van der Waals surface area contributed by atoms with Crippen LogP contribution in [0.15, 0.2) is 36.0 Å². The normalized spacial score (nSPS) is 12.5. The highest BCUT2D eigenvalue weighted by molar-refractivity contribution is 5.19. The van der Waals surface area contributed by atoms with Crippen LogP contribution in [0.2, 0.25) is 0 Å². The number of rotatable bonds is 4. The van der Waals surface area contributed by atoms with Crippen LogP contribution in [-0.4, -0.2) is 0 Å². The van der Waals surface area contributed by atoms with E-state index in [0.29, 0.717) is 0 Å². The van der Waals surface area contributed by atoms with E-state index in [1.165, 1.54) is 18.4 Å². The maximum Gasteiger partial charge on any atom is -0.0323 e. The van der Waals surface area contributed by atoms with Crippen LogP contribution < -0.4 is 0 Å². The third kappa shape index (κ3) is 7.11. The molecule has 0 aromatic carbocycles. The molecular formula is C11H18. The topological polar surface area (TPSA) is 0 Å². The maximum atomic E-state index is 3.78. The largest absolute Gasteiger partial charge is 0.0961 e. The first kappa shape index (κ1) is 10.2. The average Bonchev–Trinajstić information content (AvgIpc) is 1.87. The van der Waals surface area contributed by atoms with E-state index in [4.69, 9.17) is 0 Å². The zero-order valence-electron chi connectivity index (χ0n) is 7.85. The molecule has 0 aliphatic carbocycles. The minimum absolute atomic E-state index is 1.10. The van der Waals surface area contributed by atoms with E-state index in [0.717, 1.165) is 5.57 Å². The summed E-state index contributed by atoms with van der Waals surface area (Å²) in [6.07, 6.45) is 8.66. The minimum Gasteiger partial charge on any atom is -0.0961 e. The standard InChI is InChI=1S/C11H18/c1-5-7-11(4)9-6-8-10(2)3/h6,8-9H,2,5,7H2,1,3-4H3/b8-6-,11-9-. The van der Waals surface area contributed by atoms with Gasteiger partial charge in [0.15, 0.2) is 0 Å². The molecule has 0 saturated carbocycles. The molecule has 0 atom stereocenters. The van der Waals surface area contributed by atoms with Crippen LogP contribution >= 0.6 is 0 Å². The lowest BCUT2D eigenvalue weighted by Crippen LogP contribution is -1.72. The first-order valence-electron chi connectivity index (χ1n) is 4.16. The molecule has 0 heterocycles. The lowest BCUT2D eigenvalue weighted by Gasteiger charge is -1.93. The van der Waals surface area contributed by atoms with Gasteiger partial charge in [0, 0.05) is 0 Å². The summed E-state index contributed by atoms with van der Waals surface area (Å²) in [5.41, 5.74) is 2.54. The lowest BCUT2D eigenvalue weighted by atomic mass is 10.1. The Balaban J connectivity index is 3.80. The molecule has 0 nitrogen and oxygen atoms in total. The third-order valence-corrected chi connectivity index (χ3v) is 1.41. The highest BCUT2D eigenvalue weighted by Gasteiger charge is 1.82. The number of hydrogen-bond acceptors (Lipinski definition) is 0. The molecule has 0 aromatic rings. The van der Waals surface area contributed by atoms with Crippen LogP contribution in [0.5, 0.6) is 0 Å². The van der Waals surface area contributed by atoms with E-state index in [-0.39, 0.29) is 0 Å². The second-order valence-corrected chi connectivity index (χ2v) is 2.97. The van der Waals surface area contributed by atoms with Gasteiger partial charge in [-0.15, -0.1) is 0 Å². The van der Waals surface area contributed by atoms with Gasteiger partial charge in [0.1, 0.15) is 0 Å². The molecule has 0 fully saturated rings. The van der Waals surface area contributed by atoms with Gasteiger partial charge in [-0.05, 0) is 20.3 Å². The molecule has 0 heteroatoms. The lowest BCUT2D eigenvalue weighted by molar-refractivity contribution is 0.906. The van der Waals surface area contributed by atoms with E-state index in [9.17, 15) is 0 Å². The van der Waals surface area contributed by atoms with Crippen LogP contribution in [0.1, 0.15) is 33.6 Å². The first-order chi connectivity index (χ1) is 5.16. The zero-order valence-corrected chi connectivity index (χ0v) is 7.85. The Hall–Kier alpha value is -0.780. The van der Waals surface area contributed by atoms with Gasteiger partial charge in [-0.25, -0.2) is 0 Å². The van der Waals surface area contributed by atoms with E-state index >= 15 is 0 Å². The minimum atomic E-state index is 1.10. The van der Waals surface area contributed by atoms with Crippen molar-refractivity contribution in [3.63, 3.8) is 0 Å². The van der Waals surface area contributed by atoms with Crippen molar-refractivity contribution >= 4 is 0 Å². The summed E-state index contributed by atoms with van der Waals surface area (Å²) in [4.78, 5) is 0. The second kappa shape index (κ2) is 5.96. The second-order valence-electron chi connectivity index (χ2n) is 2.97. The highest BCUT2D eigenvalue weighted by Crippen LogP contribution is 2.03. The smallest absolute Gasteiger partial charge is 0.0323 e. The van der Waals surface area contributed by atoms with Crippen molar-refractivity contribution < 1.29 is 0 Å². The molecule has 0 saturated heterocycles. The molecule has 0 aliphatic rings. The Bertz CT molecular complexity index is 170. The van der Waals surface area contributed by atoms with Crippen molar-refractivity contribution in [2.24, 2.45) is 0 Å². The van der Waals surface area contributed by atoms with Gasteiger partial charge in [-0.2, -0.15) is 0 Å². The molecule has 0 bridgehead atoms. The van der Waals surface area contributed by atoms with Crippen molar-refractivity contribution in [3.8, 4) is 0 Å². The summed E-state index contributed by atoms with van der Waals surface area (Å²) in [7, 11) is 0. The molecule has 0 amide bonds. The summed E-state index contributed by atoms with van der Waals surface area (Å²) in [6, 6.07) is 0. The van der Waals surface area contributed by atoms with Crippen molar-refractivity contribution in [1.82, 2.24) is 0 Å². The molecule has 0 N–H and O–H groups in total. The molecule has 0 aromatic heterocycles. The average molecular weight is 150 g/mol. The van der Waals surface area contributed by atoms with Gasteiger partial charge in [-0.1, -0.05) is 49.3 Å². The summed E-state index contributed by atoms with van der Waals surface area (Å²) >= 11 is 0. The summed E-state index contributed by atoms with van der Waals surface area (Å²) in [6.45, 7) is 10.1. The number of allylic oxidation sites excluding steroid dienone is 5. The van der Waals surface area contributed by atoms with Crippen molar-refractivity contribution in [3.05, 3.63) is 36.0 Å². The monoisotopic (exact) mass is 150 g/mol. The molecule has 11 heavy (non-hydrogen) atoms. The SMILES string of the molecule is C=C(C)/C=C\C=C(\C)CCC. The Morgan fingerprint density at radius 1 is 1.36 bits per heavy atom. The van der Waals surface area contributed by atoms with Crippen LogP contribution in [0.3, 0.4) is 0 Å². The van der Waals surface area contributed by atoms with Crippen LogP contribution in [0.4, 0.5) is 0 Å². The maximum absolute atomic E-state index is 3.78. The molecular weight excluding hydrogens is 132 g/mol. The van der Waals surface area contributed by atoms with E-state index in [1.807, 2.05) is 13.0 Å². The summed E-state index contributed by atoms with van der Waals surface area (Å²) < 4.78 is 0. The van der Waals surface area contributed by atoms with Gasteiger partial charge in [0.05, 0.1) is 0 Å². The highest BCUT2D eigenvalue weighted by atomic mass is 13.9. The van der Waals surface area contributed by atoms with E-state index < -0.39 is 0 Å². The molecule has 0 unspecified atom stereocenters. The van der Waals surface area contributed by atoms with Gasteiger partial charge in [0.2, 0.25) is 0 Å². The zero-order chi connectivity index (χ0) is 8.69. The Labute approximate surface area is 70.3 Å². The molecule has 0 spiro atoms. The van der Waals surface area contributed by atoms with Gasteiger partial charge < -0.3 is 0 Å². The van der Waals surface area contributed by atoms with Gasteiger partial charge in [0.25, 0.3) is 0 Å². The van der Waals surface area contributed by atoms with Gasteiger partial charge in [-0.3, -0.25) is 0 Å². The third-order valence-electron chi connectivity index (χ3n) is 1.41. The Morgan fingerprint density at radius 3 is 2.45 bits per heavy atom. The van der Waals surface area contributed by atoms with Crippen LogP contribution in [0, 0.1) is 0 Å². The molecule has 0 radical (unpaired) electrons.